The van der Waals surface area contributed by atoms with Crippen molar-refractivity contribution in [3.63, 3.8) is 0 Å². The van der Waals surface area contributed by atoms with E-state index in [4.69, 9.17) is 5.73 Å². The Morgan fingerprint density at radius 2 is 2.07 bits per heavy atom. The third-order valence-corrected chi connectivity index (χ3v) is 2.34. The molecule has 0 aromatic heterocycles. The summed E-state index contributed by atoms with van der Waals surface area (Å²) in [6, 6.07) is 4.76. The van der Waals surface area contributed by atoms with Crippen LogP contribution in [0.3, 0.4) is 0 Å². The second-order valence-electron chi connectivity index (χ2n) is 3.64. The van der Waals surface area contributed by atoms with Crippen molar-refractivity contribution < 1.29 is 4.92 Å². The molecule has 1 aromatic carbocycles. The first-order valence-corrected chi connectivity index (χ1v) is 4.85. The number of nitro benzene ring substituents is 1. The summed E-state index contributed by atoms with van der Waals surface area (Å²) in [6.45, 7) is 3.48. The molecule has 0 atom stereocenters. The van der Waals surface area contributed by atoms with Crippen LogP contribution in [-0.2, 0) is 5.54 Å². The van der Waals surface area contributed by atoms with Crippen molar-refractivity contribution >= 4 is 21.6 Å². The zero-order valence-corrected chi connectivity index (χ0v) is 9.54. The van der Waals surface area contributed by atoms with Crippen molar-refractivity contribution in [2.75, 3.05) is 0 Å². The summed E-state index contributed by atoms with van der Waals surface area (Å²) in [5.41, 5.74) is 5.70. The van der Waals surface area contributed by atoms with Crippen LogP contribution in [0.15, 0.2) is 22.7 Å². The molecule has 0 aliphatic heterocycles. The van der Waals surface area contributed by atoms with Gasteiger partial charge in [-0.05, 0) is 26.0 Å². The van der Waals surface area contributed by atoms with Gasteiger partial charge < -0.3 is 5.73 Å². The van der Waals surface area contributed by atoms with Gasteiger partial charge in [0.1, 0.15) is 0 Å². The molecule has 5 heteroatoms. The molecule has 0 saturated carbocycles. The highest BCUT2D eigenvalue weighted by molar-refractivity contribution is 9.10. The molecule has 0 aliphatic carbocycles. The molecule has 0 fully saturated rings. The van der Waals surface area contributed by atoms with E-state index in [-0.39, 0.29) is 5.69 Å². The van der Waals surface area contributed by atoms with Gasteiger partial charge in [-0.3, -0.25) is 10.1 Å². The van der Waals surface area contributed by atoms with Crippen LogP contribution in [0.2, 0.25) is 0 Å². The van der Waals surface area contributed by atoms with Crippen LogP contribution >= 0.6 is 15.9 Å². The minimum atomic E-state index is -0.716. The van der Waals surface area contributed by atoms with E-state index in [0.29, 0.717) is 5.56 Å². The highest BCUT2D eigenvalue weighted by Gasteiger charge is 2.24. The Morgan fingerprint density at radius 3 is 2.50 bits per heavy atom. The highest BCUT2D eigenvalue weighted by Crippen LogP contribution is 2.30. The Kier molecular flexibility index (Phi) is 2.92. The number of rotatable bonds is 2. The molecule has 1 rings (SSSR count). The number of nitrogens with zero attached hydrogens (tertiary/aromatic N) is 1. The predicted octanol–water partition coefficient (Wildman–Crippen LogP) is 2.55. The van der Waals surface area contributed by atoms with E-state index >= 15 is 0 Å². The van der Waals surface area contributed by atoms with Crippen LogP contribution in [0.5, 0.6) is 0 Å². The Labute approximate surface area is 90.4 Å². The zero-order valence-electron chi connectivity index (χ0n) is 7.95. The first-order chi connectivity index (χ1) is 6.32. The van der Waals surface area contributed by atoms with E-state index < -0.39 is 10.5 Å². The number of nitrogens with two attached hydrogens (primary N) is 1. The van der Waals surface area contributed by atoms with Gasteiger partial charge in [0.05, 0.1) is 10.5 Å². The molecule has 0 bridgehead atoms. The van der Waals surface area contributed by atoms with E-state index in [2.05, 4.69) is 15.9 Å². The summed E-state index contributed by atoms with van der Waals surface area (Å²) < 4.78 is 0.789. The second kappa shape index (κ2) is 3.67. The van der Waals surface area contributed by atoms with Crippen molar-refractivity contribution in [3.05, 3.63) is 38.3 Å². The van der Waals surface area contributed by atoms with Gasteiger partial charge in [-0.1, -0.05) is 15.9 Å². The lowest BCUT2D eigenvalue weighted by molar-refractivity contribution is -0.386. The van der Waals surface area contributed by atoms with E-state index in [1.54, 1.807) is 26.0 Å². The molecule has 0 amide bonds. The lowest BCUT2D eigenvalue weighted by Crippen LogP contribution is -2.29. The summed E-state index contributed by atoms with van der Waals surface area (Å²) >= 11 is 3.26. The van der Waals surface area contributed by atoms with Gasteiger partial charge in [0.25, 0.3) is 5.69 Å². The zero-order chi connectivity index (χ0) is 10.9. The maximum Gasteiger partial charge on any atom is 0.274 e. The maximum atomic E-state index is 10.7. The van der Waals surface area contributed by atoms with E-state index in [1.807, 2.05) is 0 Å². The van der Waals surface area contributed by atoms with E-state index in [9.17, 15) is 10.1 Å². The molecule has 0 spiro atoms. The quantitative estimate of drug-likeness (QED) is 0.655. The molecular weight excluding hydrogens is 248 g/mol. The van der Waals surface area contributed by atoms with Gasteiger partial charge in [-0.25, -0.2) is 0 Å². The SMILES string of the molecule is CC(C)(N)c1cc(Br)ccc1[N+](=O)[O-]. The summed E-state index contributed by atoms with van der Waals surface area (Å²) in [7, 11) is 0. The molecule has 0 saturated heterocycles. The van der Waals surface area contributed by atoms with Crippen LogP contribution in [0.1, 0.15) is 19.4 Å². The predicted molar refractivity (Wildman–Crippen MR) is 58.0 cm³/mol. The molecule has 1 aromatic rings. The number of hydrogen-bond acceptors (Lipinski definition) is 3. The lowest BCUT2D eigenvalue weighted by atomic mass is 9.94. The van der Waals surface area contributed by atoms with Gasteiger partial charge in [0.2, 0.25) is 0 Å². The van der Waals surface area contributed by atoms with Gasteiger partial charge in [0, 0.05) is 16.1 Å². The minimum Gasteiger partial charge on any atom is -0.322 e. The first-order valence-electron chi connectivity index (χ1n) is 4.05. The summed E-state index contributed by atoms with van der Waals surface area (Å²) in [5, 5.41) is 10.7. The van der Waals surface area contributed by atoms with Crippen LogP contribution in [0.4, 0.5) is 5.69 Å². The minimum absolute atomic E-state index is 0.0562. The molecule has 0 unspecified atom stereocenters. The molecule has 0 heterocycles. The largest absolute Gasteiger partial charge is 0.322 e. The molecule has 2 N–H and O–H groups in total. The molecule has 0 aliphatic rings. The van der Waals surface area contributed by atoms with Gasteiger partial charge in [-0.15, -0.1) is 0 Å². The third kappa shape index (κ3) is 2.30. The normalized spacial score (nSPS) is 11.4. The Balaban J connectivity index is 3.38. The van der Waals surface area contributed by atoms with Crippen LogP contribution in [0, 0.1) is 10.1 Å². The Hall–Kier alpha value is -0.940. The Morgan fingerprint density at radius 1 is 1.50 bits per heavy atom. The fourth-order valence-electron chi connectivity index (χ4n) is 1.18. The van der Waals surface area contributed by atoms with Crippen LogP contribution in [0.25, 0.3) is 0 Å². The molecule has 4 nitrogen and oxygen atoms in total. The van der Waals surface area contributed by atoms with Crippen LogP contribution < -0.4 is 5.73 Å². The van der Waals surface area contributed by atoms with Crippen molar-refractivity contribution in [2.24, 2.45) is 5.73 Å². The standard InChI is InChI=1S/C9H11BrN2O2/c1-9(2,11)7-5-6(10)3-4-8(7)12(13)14/h3-5H,11H2,1-2H3. The van der Waals surface area contributed by atoms with Crippen LogP contribution in [-0.4, -0.2) is 4.92 Å². The highest BCUT2D eigenvalue weighted by atomic mass is 79.9. The number of benzene rings is 1. The topological polar surface area (TPSA) is 69.2 Å². The fraction of sp³-hybridized carbons (Fsp3) is 0.333. The number of hydrogen-bond donors (Lipinski definition) is 1. The molecule has 0 radical (unpaired) electrons. The third-order valence-electron chi connectivity index (χ3n) is 1.85. The monoisotopic (exact) mass is 258 g/mol. The molecule has 14 heavy (non-hydrogen) atoms. The summed E-state index contributed by atoms with van der Waals surface area (Å²) in [6.07, 6.45) is 0. The summed E-state index contributed by atoms with van der Waals surface area (Å²) in [5.74, 6) is 0. The van der Waals surface area contributed by atoms with Gasteiger partial charge >= 0.3 is 0 Å². The average molecular weight is 259 g/mol. The van der Waals surface area contributed by atoms with Gasteiger partial charge in [-0.2, -0.15) is 0 Å². The fourth-order valence-corrected chi connectivity index (χ4v) is 1.54. The van der Waals surface area contributed by atoms with Crippen molar-refractivity contribution in [1.29, 1.82) is 0 Å². The van der Waals surface area contributed by atoms with Gasteiger partial charge in [0.15, 0.2) is 0 Å². The number of nitro groups is 1. The van der Waals surface area contributed by atoms with Crippen molar-refractivity contribution in [1.82, 2.24) is 0 Å². The first kappa shape index (κ1) is 11.1. The number of halogens is 1. The summed E-state index contributed by atoms with van der Waals surface area (Å²) in [4.78, 5) is 10.3. The van der Waals surface area contributed by atoms with E-state index in [1.165, 1.54) is 6.07 Å². The lowest BCUT2D eigenvalue weighted by Gasteiger charge is -2.18. The average Bonchev–Trinajstić information content (AvgIpc) is 2.01. The maximum absolute atomic E-state index is 10.7. The Bertz CT molecular complexity index is 372. The molecular formula is C9H11BrN2O2. The van der Waals surface area contributed by atoms with Crippen molar-refractivity contribution in [3.8, 4) is 0 Å². The second-order valence-corrected chi connectivity index (χ2v) is 4.56. The van der Waals surface area contributed by atoms with E-state index in [0.717, 1.165) is 4.47 Å². The smallest absolute Gasteiger partial charge is 0.274 e. The van der Waals surface area contributed by atoms with Crippen molar-refractivity contribution in [2.45, 2.75) is 19.4 Å². The molecule has 76 valence electrons.